The van der Waals surface area contributed by atoms with Crippen molar-refractivity contribution < 1.29 is 0 Å². The van der Waals surface area contributed by atoms with Crippen LogP contribution in [-0.2, 0) is 0 Å². The molecular weight excluding hydrogens is 182 g/mol. The first-order chi connectivity index (χ1) is 7.20. The monoisotopic (exact) mass is 207 g/mol. The van der Waals surface area contributed by atoms with Crippen molar-refractivity contribution in [3.05, 3.63) is 29.6 Å². The molecule has 0 bridgehead atoms. The fourth-order valence-corrected chi connectivity index (χ4v) is 1.36. The first-order valence-corrected chi connectivity index (χ1v) is 6.11. The molecule has 0 aliphatic rings. The number of rotatable bonds is 4. The summed E-state index contributed by atoms with van der Waals surface area (Å²) in [6.07, 6.45) is 7.01. The molecule has 1 aromatic heterocycles. The summed E-state index contributed by atoms with van der Waals surface area (Å²) in [5.41, 5.74) is 2.18. The fourth-order valence-electron chi connectivity index (χ4n) is 1.36. The summed E-state index contributed by atoms with van der Waals surface area (Å²) in [7, 11) is 0. The highest BCUT2D eigenvalue weighted by molar-refractivity contribution is 5.07. The molecule has 0 unspecified atom stereocenters. The van der Waals surface area contributed by atoms with Crippen LogP contribution in [0.5, 0.6) is 0 Å². The van der Waals surface area contributed by atoms with Crippen molar-refractivity contribution in [3.8, 4) is 0 Å². The molecule has 0 aliphatic carbocycles. The van der Waals surface area contributed by atoms with Gasteiger partial charge in [0.05, 0.1) is 0 Å². The van der Waals surface area contributed by atoms with Gasteiger partial charge in [-0.1, -0.05) is 52.0 Å². The van der Waals surface area contributed by atoms with Crippen molar-refractivity contribution in [2.24, 2.45) is 0 Å². The molecule has 0 amide bonds. The van der Waals surface area contributed by atoms with Crippen LogP contribution in [0.1, 0.15) is 57.3 Å². The Labute approximate surface area is 94.9 Å². The van der Waals surface area contributed by atoms with E-state index in [1.54, 1.807) is 0 Å². The molecule has 0 spiro atoms. The highest BCUT2D eigenvalue weighted by Gasteiger charge is 1.82. The van der Waals surface area contributed by atoms with Gasteiger partial charge in [-0.3, -0.25) is 4.98 Å². The van der Waals surface area contributed by atoms with Crippen LogP contribution < -0.4 is 0 Å². The molecule has 15 heavy (non-hydrogen) atoms. The number of unbranched alkanes of at least 4 members (excludes halogenated alkanes) is 4. The SMILES string of the molecule is CCCCCCC.Cc1cccc(C)n1. The van der Waals surface area contributed by atoms with E-state index in [1.165, 1.54) is 32.1 Å². The van der Waals surface area contributed by atoms with Gasteiger partial charge in [-0.05, 0) is 26.0 Å². The minimum atomic E-state index is 1.09. The Hall–Kier alpha value is -0.850. The average Bonchev–Trinajstić information content (AvgIpc) is 2.19. The zero-order chi connectivity index (χ0) is 11.5. The highest BCUT2D eigenvalue weighted by atomic mass is 14.7. The smallest absolute Gasteiger partial charge is 0.0375 e. The van der Waals surface area contributed by atoms with E-state index in [-0.39, 0.29) is 0 Å². The zero-order valence-corrected chi connectivity index (χ0v) is 10.7. The maximum Gasteiger partial charge on any atom is 0.0375 e. The third kappa shape index (κ3) is 9.45. The molecular formula is C14H25N. The van der Waals surface area contributed by atoms with Crippen LogP contribution in [0.25, 0.3) is 0 Å². The van der Waals surface area contributed by atoms with Gasteiger partial charge < -0.3 is 0 Å². The van der Waals surface area contributed by atoms with Crippen LogP contribution >= 0.6 is 0 Å². The van der Waals surface area contributed by atoms with Gasteiger partial charge in [0.1, 0.15) is 0 Å². The van der Waals surface area contributed by atoms with Crippen LogP contribution in [0, 0.1) is 13.8 Å². The van der Waals surface area contributed by atoms with Crippen LogP contribution in [-0.4, -0.2) is 4.98 Å². The topological polar surface area (TPSA) is 12.9 Å². The highest BCUT2D eigenvalue weighted by Crippen LogP contribution is 2.00. The summed E-state index contributed by atoms with van der Waals surface area (Å²) < 4.78 is 0. The van der Waals surface area contributed by atoms with Crippen LogP contribution in [0.2, 0.25) is 0 Å². The van der Waals surface area contributed by atoms with E-state index in [0.29, 0.717) is 0 Å². The summed E-state index contributed by atoms with van der Waals surface area (Å²) in [4.78, 5) is 4.17. The summed E-state index contributed by atoms with van der Waals surface area (Å²) in [6.45, 7) is 8.48. The molecule has 1 heteroatoms. The van der Waals surface area contributed by atoms with E-state index >= 15 is 0 Å². The molecule has 1 aromatic rings. The lowest BCUT2D eigenvalue weighted by molar-refractivity contribution is 0.656. The number of aryl methyl sites for hydroxylation is 2. The Bertz CT molecular complexity index is 222. The van der Waals surface area contributed by atoms with Crippen LogP contribution in [0.15, 0.2) is 18.2 Å². The molecule has 0 radical (unpaired) electrons. The Morgan fingerprint density at radius 2 is 1.33 bits per heavy atom. The number of nitrogens with zero attached hydrogens (tertiary/aromatic N) is 1. The lowest BCUT2D eigenvalue weighted by atomic mass is 10.2. The summed E-state index contributed by atoms with van der Waals surface area (Å²) in [5, 5.41) is 0. The third-order valence-corrected chi connectivity index (χ3v) is 2.23. The second kappa shape index (κ2) is 9.70. The lowest BCUT2D eigenvalue weighted by Crippen LogP contribution is -1.81. The second-order valence-electron chi connectivity index (χ2n) is 3.98. The molecule has 0 atom stereocenters. The van der Waals surface area contributed by atoms with Gasteiger partial charge in [0, 0.05) is 11.4 Å². The minimum absolute atomic E-state index is 1.09. The van der Waals surface area contributed by atoms with E-state index in [2.05, 4.69) is 18.8 Å². The quantitative estimate of drug-likeness (QED) is 0.653. The van der Waals surface area contributed by atoms with Crippen molar-refractivity contribution in [2.75, 3.05) is 0 Å². The number of hydrogen-bond acceptors (Lipinski definition) is 1. The maximum atomic E-state index is 4.17. The molecule has 1 rings (SSSR count). The van der Waals surface area contributed by atoms with Crippen molar-refractivity contribution in [1.29, 1.82) is 0 Å². The molecule has 0 aliphatic heterocycles. The third-order valence-electron chi connectivity index (χ3n) is 2.23. The number of hydrogen-bond donors (Lipinski definition) is 0. The van der Waals surface area contributed by atoms with E-state index in [4.69, 9.17) is 0 Å². The summed E-state index contributed by atoms with van der Waals surface area (Å²) in [5.74, 6) is 0. The molecule has 0 fully saturated rings. The average molecular weight is 207 g/mol. The maximum absolute atomic E-state index is 4.17. The van der Waals surface area contributed by atoms with E-state index < -0.39 is 0 Å². The molecule has 0 N–H and O–H groups in total. The van der Waals surface area contributed by atoms with Crippen molar-refractivity contribution in [3.63, 3.8) is 0 Å². The normalized spacial score (nSPS) is 9.33. The predicted molar refractivity (Wildman–Crippen MR) is 68.1 cm³/mol. The molecule has 0 saturated carbocycles. The number of aromatic nitrogens is 1. The van der Waals surface area contributed by atoms with E-state index in [0.717, 1.165) is 11.4 Å². The van der Waals surface area contributed by atoms with Gasteiger partial charge in [-0.25, -0.2) is 0 Å². The molecule has 0 aromatic carbocycles. The van der Waals surface area contributed by atoms with Gasteiger partial charge in [0.25, 0.3) is 0 Å². The second-order valence-corrected chi connectivity index (χ2v) is 3.98. The van der Waals surface area contributed by atoms with Gasteiger partial charge in [-0.15, -0.1) is 0 Å². The first kappa shape index (κ1) is 14.2. The molecule has 86 valence electrons. The molecule has 0 saturated heterocycles. The Kier molecular flexibility index (Phi) is 9.15. The minimum Gasteiger partial charge on any atom is -0.258 e. The van der Waals surface area contributed by atoms with E-state index in [9.17, 15) is 0 Å². The Balaban J connectivity index is 0.000000265. The zero-order valence-electron chi connectivity index (χ0n) is 10.7. The summed E-state index contributed by atoms with van der Waals surface area (Å²) >= 11 is 0. The van der Waals surface area contributed by atoms with Gasteiger partial charge in [0.2, 0.25) is 0 Å². The summed E-state index contributed by atoms with van der Waals surface area (Å²) in [6, 6.07) is 6.00. The first-order valence-electron chi connectivity index (χ1n) is 6.11. The Morgan fingerprint density at radius 1 is 0.867 bits per heavy atom. The fraction of sp³-hybridized carbons (Fsp3) is 0.643. The van der Waals surface area contributed by atoms with Crippen LogP contribution in [0.4, 0.5) is 0 Å². The molecule has 1 nitrogen and oxygen atoms in total. The largest absolute Gasteiger partial charge is 0.258 e. The van der Waals surface area contributed by atoms with Gasteiger partial charge in [0.15, 0.2) is 0 Å². The van der Waals surface area contributed by atoms with Crippen LogP contribution in [0.3, 0.4) is 0 Å². The van der Waals surface area contributed by atoms with Crippen molar-refractivity contribution in [2.45, 2.75) is 59.8 Å². The van der Waals surface area contributed by atoms with Crippen molar-refractivity contribution >= 4 is 0 Å². The lowest BCUT2D eigenvalue weighted by Gasteiger charge is -1.90. The van der Waals surface area contributed by atoms with E-state index in [1.807, 2.05) is 32.0 Å². The standard InChI is InChI=1S/C7H9N.C7H16/c1-6-4-3-5-7(2)8-6;1-3-5-7-6-4-2/h3-5H,1-2H3;3-7H2,1-2H3. The van der Waals surface area contributed by atoms with Crippen molar-refractivity contribution in [1.82, 2.24) is 4.98 Å². The Morgan fingerprint density at radius 3 is 1.60 bits per heavy atom. The predicted octanol–water partition coefficient (Wildman–Crippen LogP) is 4.68. The molecule has 1 heterocycles. The number of pyridine rings is 1. The van der Waals surface area contributed by atoms with Gasteiger partial charge >= 0.3 is 0 Å². The van der Waals surface area contributed by atoms with Gasteiger partial charge in [-0.2, -0.15) is 0 Å².